The minimum absolute atomic E-state index is 0.162. The van der Waals surface area contributed by atoms with Crippen LogP contribution >= 0.6 is 0 Å². The van der Waals surface area contributed by atoms with Crippen molar-refractivity contribution < 1.29 is 4.79 Å². The number of pyridine rings is 2. The second-order valence-corrected chi connectivity index (χ2v) is 7.82. The first-order valence-electron chi connectivity index (χ1n) is 10.6. The van der Waals surface area contributed by atoms with E-state index in [0.717, 1.165) is 42.1 Å². The smallest absolute Gasteiger partial charge is 0.240 e. The minimum atomic E-state index is -0.162. The molecule has 3 aromatic rings. The molecular weight excluding hydrogens is 372 g/mol. The van der Waals surface area contributed by atoms with Crippen LogP contribution in [0.5, 0.6) is 0 Å². The average Bonchev–Trinajstić information content (AvgIpc) is 2.77. The molecule has 0 bridgehead atoms. The summed E-state index contributed by atoms with van der Waals surface area (Å²) in [6.45, 7) is 7.15. The SMILES string of the molecule is CCN1CCN(Cc2cccc(C)n2)[C@@H](Cc2ccc(-c3cccnc3)cc2)C1=O. The summed E-state index contributed by atoms with van der Waals surface area (Å²) >= 11 is 0. The zero-order chi connectivity index (χ0) is 20.9. The summed E-state index contributed by atoms with van der Waals surface area (Å²) < 4.78 is 0. The van der Waals surface area contributed by atoms with E-state index in [9.17, 15) is 4.79 Å². The van der Waals surface area contributed by atoms with Crippen LogP contribution in [0.2, 0.25) is 0 Å². The lowest BCUT2D eigenvalue weighted by atomic mass is 9.98. The van der Waals surface area contributed by atoms with Crippen molar-refractivity contribution in [2.45, 2.75) is 32.9 Å². The van der Waals surface area contributed by atoms with Gasteiger partial charge in [0.05, 0.1) is 11.7 Å². The third-order valence-electron chi connectivity index (χ3n) is 5.77. The number of likely N-dealkylation sites (N-methyl/N-ethyl adjacent to an activating group) is 1. The van der Waals surface area contributed by atoms with Crippen LogP contribution in [-0.4, -0.2) is 51.4 Å². The number of piperazine rings is 1. The number of hydrogen-bond donors (Lipinski definition) is 0. The molecule has 3 heterocycles. The van der Waals surface area contributed by atoms with Gasteiger partial charge in [-0.3, -0.25) is 19.7 Å². The zero-order valence-electron chi connectivity index (χ0n) is 17.7. The lowest BCUT2D eigenvalue weighted by Crippen LogP contribution is -2.57. The number of nitrogens with zero attached hydrogens (tertiary/aromatic N) is 4. The fourth-order valence-corrected chi connectivity index (χ4v) is 4.09. The number of benzene rings is 1. The molecule has 2 aromatic heterocycles. The van der Waals surface area contributed by atoms with Crippen molar-refractivity contribution in [1.29, 1.82) is 0 Å². The minimum Gasteiger partial charge on any atom is -0.340 e. The maximum atomic E-state index is 13.2. The molecule has 0 spiro atoms. The maximum Gasteiger partial charge on any atom is 0.240 e. The van der Waals surface area contributed by atoms with Crippen LogP contribution in [0, 0.1) is 6.92 Å². The highest BCUT2D eigenvalue weighted by atomic mass is 16.2. The molecule has 4 rings (SSSR count). The van der Waals surface area contributed by atoms with Crippen LogP contribution in [0.4, 0.5) is 0 Å². The summed E-state index contributed by atoms with van der Waals surface area (Å²) in [4.78, 5) is 26.3. The van der Waals surface area contributed by atoms with E-state index in [0.29, 0.717) is 13.0 Å². The van der Waals surface area contributed by atoms with Crippen molar-refractivity contribution in [2.24, 2.45) is 0 Å². The number of amides is 1. The summed E-state index contributed by atoms with van der Waals surface area (Å²) in [5.41, 5.74) is 5.43. The summed E-state index contributed by atoms with van der Waals surface area (Å²) in [6.07, 6.45) is 4.35. The van der Waals surface area contributed by atoms with Crippen molar-refractivity contribution in [3.63, 3.8) is 0 Å². The van der Waals surface area contributed by atoms with Gasteiger partial charge in [0, 0.05) is 44.3 Å². The molecule has 1 fully saturated rings. The number of carbonyl (C=O) groups is 1. The Hall–Kier alpha value is -3.05. The van der Waals surface area contributed by atoms with E-state index in [-0.39, 0.29) is 11.9 Å². The second-order valence-electron chi connectivity index (χ2n) is 7.82. The Morgan fingerprint density at radius 3 is 2.53 bits per heavy atom. The van der Waals surface area contributed by atoms with Gasteiger partial charge in [-0.15, -0.1) is 0 Å². The van der Waals surface area contributed by atoms with Crippen molar-refractivity contribution in [2.75, 3.05) is 19.6 Å². The normalized spacial score (nSPS) is 17.3. The summed E-state index contributed by atoms with van der Waals surface area (Å²) in [6, 6.07) is 18.4. The molecule has 0 saturated carbocycles. The number of aromatic nitrogens is 2. The lowest BCUT2D eigenvalue weighted by Gasteiger charge is -2.40. The van der Waals surface area contributed by atoms with Gasteiger partial charge in [-0.2, -0.15) is 0 Å². The number of aryl methyl sites for hydroxylation is 1. The topological polar surface area (TPSA) is 49.3 Å². The molecule has 0 radical (unpaired) electrons. The molecule has 154 valence electrons. The molecule has 30 heavy (non-hydrogen) atoms. The molecule has 0 unspecified atom stereocenters. The Morgan fingerprint density at radius 2 is 1.83 bits per heavy atom. The highest BCUT2D eigenvalue weighted by Gasteiger charge is 2.34. The predicted octanol–water partition coefficient (Wildman–Crippen LogP) is 3.73. The van der Waals surface area contributed by atoms with Crippen molar-refractivity contribution >= 4 is 5.91 Å². The second kappa shape index (κ2) is 9.18. The van der Waals surface area contributed by atoms with Gasteiger partial charge in [0.1, 0.15) is 0 Å². The Kier molecular flexibility index (Phi) is 6.19. The standard InChI is InChI=1S/C25H28N4O/c1-3-28-14-15-29(18-23-8-4-6-19(2)27-23)24(25(28)30)16-20-9-11-21(12-10-20)22-7-5-13-26-17-22/h4-13,17,24H,3,14-16,18H2,1-2H3/t24-/m0/s1. The highest BCUT2D eigenvalue weighted by Crippen LogP contribution is 2.22. The third kappa shape index (κ3) is 4.57. The van der Waals surface area contributed by atoms with E-state index in [1.165, 1.54) is 5.56 Å². The van der Waals surface area contributed by atoms with Crippen LogP contribution in [0.15, 0.2) is 67.0 Å². The monoisotopic (exact) mass is 400 g/mol. The van der Waals surface area contributed by atoms with Gasteiger partial charge in [-0.1, -0.05) is 36.4 Å². The van der Waals surface area contributed by atoms with E-state index >= 15 is 0 Å². The Balaban J connectivity index is 1.53. The summed E-state index contributed by atoms with van der Waals surface area (Å²) in [5.74, 6) is 0.215. The Bertz CT molecular complexity index is 988. The number of hydrogen-bond acceptors (Lipinski definition) is 4. The van der Waals surface area contributed by atoms with Gasteiger partial charge in [0.2, 0.25) is 5.91 Å². The van der Waals surface area contributed by atoms with Crippen molar-refractivity contribution in [3.05, 3.63) is 83.9 Å². The Labute approximate surface area is 178 Å². The van der Waals surface area contributed by atoms with Crippen LogP contribution in [0.1, 0.15) is 23.9 Å². The van der Waals surface area contributed by atoms with Gasteiger partial charge in [0.25, 0.3) is 0 Å². The summed E-state index contributed by atoms with van der Waals surface area (Å²) in [7, 11) is 0. The quantitative estimate of drug-likeness (QED) is 0.633. The molecule has 1 amide bonds. The van der Waals surface area contributed by atoms with Crippen LogP contribution in [0.3, 0.4) is 0 Å². The van der Waals surface area contributed by atoms with Crippen LogP contribution in [-0.2, 0) is 17.8 Å². The molecule has 5 heteroatoms. The summed E-state index contributed by atoms with van der Waals surface area (Å²) in [5, 5.41) is 0. The molecular formula is C25H28N4O. The van der Waals surface area contributed by atoms with E-state index in [1.807, 2.05) is 42.3 Å². The molecule has 1 aliphatic heterocycles. The van der Waals surface area contributed by atoms with Gasteiger partial charge in [0.15, 0.2) is 0 Å². The first-order chi connectivity index (χ1) is 14.6. The van der Waals surface area contributed by atoms with E-state index < -0.39 is 0 Å². The third-order valence-corrected chi connectivity index (χ3v) is 5.77. The predicted molar refractivity (Wildman–Crippen MR) is 119 cm³/mol. The highest BCUT2D eigenvalue weighted by molar-refractivity contribution is 5.83. The molecule has 5 nitrogen and oxygen atoms in total. The van der Waals surface area contributed by atoms with Crippen molar-refractivity contribution in [1.82, 2.24) is 19.8 Å². The van der Waals surface area contributed by atoms with Crippen LogP contribution in [0.25, 0.3) is 11.1 Å². The van der Waals surface area contributed by atoms with E-state index in [1.54, 1.807) is 6.20 Å². The molecule has 0 aliphatic carbocycles. The number of rotatable bonds is 6. The van der Waals surface area contributed by atoms with Gasteiger partial charge in [-0.25, -0.2) is 0 Å². The van der Waals surface area contributed by atoms with Gasteiger partial charge in [-0.05, 0) is 55.2 Å². The molecule has 1 aliphatic rings. The fourth-order valence-electron chi connectivity index (χ4n) is 4.09. The van der Waals surface area contributed by atoms with Gasteiger partial charge >= 0.3 is 0 Å². The number of carbonyl (C=O) groups excluding carboxylic acids is 1. The maximum absolute atomic E-state index is 13.2. The average molecular weight is 401 g/mol. The fraction of sp³-hybridized carbons (Fsp3) is 0.320. The molecule has 0 N–H and O–H groups in total. The molecule has 1 atom stereocenters. The lowest BCUT2D eigenvalue weighted by molar-refractivity contribution is -0.141. The largest absolute Gasteiger partial charge is 0.340 e. The van der Waals surface area contributed by atoms with Crippen molar-refractivity contribution in [3.8, 4) is 11.1 Å². The van der Waals surface area contributed by atoms with Crippen LogP contribution < -0.4 is 0 Å². The van der Waals surface area contributed by atoms with E-state index in [2.05, 4.69) is 52.1 Å². The Morgan fingerprint density at radius 1 is 1.00 bits per heavy atom. The first kappa shape index (κ1) is 20.2. The first-order valence-corrected chi connectivity index (χ1v) is 10.6. The van der Waals surface area contributed by atoms with E-state index in [4.69, 9.17) is 0 Å². The zero-order valence-corrected chi connectivity index (χ0v) is 17.7. The molecule has 1 aromatic carbocycles. The van der Waals surface area contributed by atoms with Gasteiger partial charge < -0.3 is 4.90 Å². The molecule has 1 saturated heterocycles.